The number of ether oxygens (including phenoxy) is 2. The predicted octanol–water partition coefficient (Wildman–Crippen LogP) is 1.66. The lowest BCUT2D eigenvalue weighted by Crippen LogP contribution is -2.54. The van der Waals surface area contributed by atoms with Crippen LogP contribution in [0.2, 0.25) is 0 Å². The molecule has 2 aromatic rings. The lowest BCUT2D eigenvalue weighted by Gasteiger charge is -2.31. The number of carbonyl (C=O) groups is 4. The van der Waals surface area contributed by atoms with E-state index in [4.69, 9.17) is 14.7 Å². The molecule has 2 aromatic carbocycles. The van der Waals surface area contributed by atoms with Crippen molar-refractivity contribution in [2.24, 2.45) is 11.3 Å². The third kappa shape index (κ3) is 10.2. The minimum absolute atomic E-state index is 0.0517. The van der Waals surface area contributed by atoms with Gasteiger partial charge in [-0.3, -0.25) is 24.4 Å². The van der Waals surface area contributed by atoms with E-state index in [2.05, 4.69) is 10.6 Å². The number of nitrogens with zero attached hydrogens (tertiary/aromatic N) is 1. The average molecular weight is 559 g/mol. The van der Waals surface area contributed by atoms with Crippen molar-refractivity contribution in [1.82, 2.24) is 21.0 Å². The SMILES string of the molecule is CNC(=O)C(NC(=O)C(CC(=O)NO)Cc1ccc2ccccc2c1)C(C)(C)C.COCC(=O)N1CCOCC1. The van der Waals surface area contributed by atoms with Crippen LogP contribution < -0.4 is 16.1 Å². The molecular formula is C29H42N4O7. The topological polar surface area (TPSA) is 146 Å². The van der Waals surface area contributed by atoms with Gasteiger partial charge in [-0.2, -0.15) is 0 Å². The molecule has 11 heteroatoms. The number of hydrogen-bond donors (Lipinski definition) is 4. The third-order valence-corrected chi connectivity index (χ3v) is 6.52. The maximum absolute atomic E-state index is 13.0. The van der Waals surface area contributed by atoms with Crippen LogP contribution in [0.25, 0.3) is 10.8 Å². The van der Waals surface area contributed by atoms with Crippen molar-refractivity contribution in [3.05, 3.63) is 48.0 Å². The molecule has 1 aliphatic heterocycles. The number of nitrogens with one attached hydrogen (secondary N) is 3. The van der Waals surface area contributed by atoms with Gasteiger partial charge in [0.1, 0.15) is 12.6 Å². The number of hydroxylamine groups is 1. The summed E-state index contributed by atoms with van der Waals surface area (Å²) in [5.41, 5.74) is 1.96. The number of benzene rings is 2. The molecule has 40 heavy (non-hydrogen) atoms. The van der Waals surface area contributed by atoms with E-state index in [0.717, 1.165) is 16.3 Å². The lowest BCUT2D eigenvalue weighted by molar-refractivity contribution is -0.139. The summed E-state index contributed by atoms with van der Waals surface area (Å²) in [6.45, 7) is 8.43. The molecular weight excluding hydrogens is 516 g/mol. The van der Waals surface area contributed by atoms with Gasteiger partial charge in [0.25, 0.3) is 0 Å². The zero-order valence-electron chi connectivity index (χ0n) is 24.0. The number of likely N-dealkylation sites (N-methyl/N-ethyl adjacent to an activating group) is 1. The Kier molecular flexibility index (Phi) is 13.0. The van der Waals surface area contributed by atoms with E-state index in [1.807, 2.05) is 63.2 Å². The van der Waals surface area contributed by atoms with E-state index >= 15 is 0 Å². The molecule has 0 radical (unpaired) electrons. The highest BCUT2D eigenvalue weighted by molar-refractivity contribution is 5.91. The van der Waals surface area contributed by atoms with Gasteiger partial charge in [-0.15, -0.1) is 0 Å². The van der Waals surface area contributed by atoms with Crippen molar-refractivity contribution in [2.75, 3.05) is 47.1 Å². The summed E-state index contributed by atoms with van der Waals surface area (Å²) < 4.78 is 9.82. The van der Waals surface area contributed by atoms with E-state index in [0.29, 0.717) is 32.7 Å². The van der Waals surface area contributed by atoms with Crippen molar-refractivity contribution in [3.63, 3.8) is 0 Å². The number of rotatable bonds is 9. The van der Waals surface area contributed by atoms with Crippen LogP contribution in [0.3, 0.4) is 0 Å². The first-order valence-electron chi connectivity index (χ1n) is 13.3. The predicted molar refractivity (Wildman–Crippen MR) is 150 cm³/mol. The van der Waals surface area contributed by atoms with Crippen LogP contribution in [0.5, 0.6) is 0 Å². The minimum atomic E-state index is -0.753. The Balaban J connectivity index is 0.000000425. The van der Waals surface area contributed by atoms with Crippen LogP contribution in [0.15, 0.2) is 42.5 Å². The Morgan fingerprint density at radius 3 is 2.25 bits per heavy atom. The first-order valence-corrected chi connectivity index (χ1v) is 13.3. The average Bonchev–Trinajstić information content (AvgIpc) is 2.95. The van der Waals surface area contributed by atoms with Crippen molar-refractivity contribution in [1.29, 1.82) is 0 Å². The Labute approximate surface area is 235 Å². The molecule has 2 unspecified atom stereocenters. The molecule has 1 saturated heterocycles. The highest BCUT2D eigenvalue weighted by Crippen LogP contribution is 2.23. The maximum Gasteiger partial charge on any atom is 0.248 e. The second-order valence-corrected chi connectivity index (χ2v) is 10.7. The van der Waals surface area contributed by atoms with Gasteiger partial charge in [-0.05, 0) is 28.2 Å². The fraction of sp³-hybridized carbons (Fsp3) is 0.517. The highest BCUT2D eigenvalue weighted by Gasteiger charge is 2.34. The second-order valence-electron chi connectivity index (χ2n) is 10.7. The van der Waals surface area contributed by atoms with E-state index in [-0.39, 0.29) is 24.8 Å². The van der Waals surface area contributed by atoms with Gasteiger partial charge in [-0.1, -0.05) is 63.2 Å². The van der Waals surface area contributed by atoms with Crippen LogP contribution in [-0.4, -0.2) is 86.8 Å². The van der Waals surface area contributed by atoms with E-state index < -0.39 is 29.2 Å². The van der Waals surface area contributed by atoms with Crippen molar-refractivity contribution in [3.8, 4) is 0 Å². The van der Waals surface area contributed by atoms with Gasteiger partial charge in [0.05, 0.1) is 19.1 Å². The molecule has 0 saturated carbocycles. The van der Waals surface area contributed by atoms with Crippen molar-refractivity contribution in [2.45, 2.75) is 39.7 Å². The standard InChI is InChI=1S/C22H29N3O4.C7H13NO3/c1-22(2,3)19(21(28)23-4)24-20(27)17(13-18(26)25-29)12-14-9-10-15-7-5-6-8-16(15)11-14;1-10-6-7(9)8-2-4-11-5-3-8/h5-11,17,19,29H,12-13H2,1-4H3,(H,23,28)(H,24,27)(H,25,26);2-6H2,1H3. The van der Waals surface area contributed by atoms with E-state index in [1.165, 1.54) is 14.2 Å². The molecule has 0 aliphatic carbocycles. The number of amides is 4. The number of fused-ring (bicyclic) bond motifs is 1. The summed E-state index contributed by atoms with van der Waals surface area (Å²) in [7, 11) is 3.04. The molecule has 0 spiro atoms. The molecule has 220 valence electrons. The monoisotopic (exact) mass is 558 g/mol. The first kappa shape index (κ1) is 32.7. The van der Waals surface area contributed by atoms with Crippen molar-refractivity contribution >= 4 is 34.4 Å². The number of methoxy groups -OCH3 is 1. The molecule has 0 aromatic heterocycles. The molecule has 4 amide bonds. The Bertz CT molecular complexity index is 1140. The Morgan fingerprint density at radius 2 is 1.68 bits per heavy atom. The summed E-state index contributed by atoms with van der Waals surface area (Å²) in [4.78, 5) is 49.9. The fourth-order valence-electron chi connectivity index (χ4n) is 4.28. The highest BCUT2D eigenvalue weighted by atomic mass is 16.5. The van der Waals surface area contributed by atoms with Gasteiger partial charge >= 0.3 is 0 Å². The number of morpholine rings is 1. The Hall–Kier alpha value is -3.54. The van der Waals surface area contributed by atoms with E-state index in [9.17, 15) is 19.2 Å². The number of carbonyl (C=O) groups excluding carboxylic acids is 4. The van der Waals surface area contributed by atoms with E-state index in [1.54, 1.807) is 10.4 Å². The van der Waals surface area contributed by atoms with Gasteiger partial charge in [-0.25, -0.2) is 5.48 Å². The Morgan fingerprint density at radius 1 is 1.02 bits per heavy atom. The smallest absolute Gasteiger partial charge is 0.248 e. The van der Waals surface area contributed by atoms with Gasteiger partial charge in [0, 0.05) is 33.7 Å². The molecule has 1 fully saturated rings. The second kappa shape index (κ2) is 15.9. The van der Waals surface area contributed by atoms with Crippen LogP contribution in [0.4, 0.5) is 0 Å². The molecule has 4 N–H and O–H groups in total. The van der Waals surface area contributed by atoms with Crippen LogP contribution in [0, 0.1) is 11.3 Å². The van der Waals surface area contributed by atoms with Crippen molar-refractivity contribution < 1.29 is 33.9 Å². The molecule has 11 nitrogen and oxygen atoms in total. The third-order valence-electron chi connectivity index (χ3n) is 6.52. The largest absolute Gasteiger partial charge is 0.378 e. The molecule has 3 rings (SSSR count). The van der Waals surface area contributed by atoms with Crippen LogP contribution in [0.1, 0.15) is 32.8 Å². The first-order chi connectivity index (χ1) is 19.0. The lowest BCUT2D eigenvalue weighted by atomic mass is 9.85. The minimum Gasteiger partial charge on any atom is -0.378 e. The molecule has 1 aliphatic rings. The quantitative estimate of drug-likeness (QED) is 0.270. The summed E-state index contributed by atoms with van der Waals surface area (Å²) >= 11 is 0. The van der Waals surface area contributed by atoms with Gasteiger partial charge in [0.2, 0.25) is 23.6 Å². The summed E-state index contributed by atoms with van der Waals surface area (Å²) in [6, 6.07) is 13.0. The summed E-state index contributed by atoms with van der Waals surface area (Å²) in [6.07, 6.45) is 0.106. The summed E-state index contributed by atoms with van der Waals surface area (Å²) in [5, 5.41) is 16.4. The molecule has 0 bridgehead atoms. The normalized spacial score (nSPS) is 14.8. The molecule has 1 heterocycles. The fourth-order valence-corrected chi connectivity index (χ4v) is 4.28. The maximum atomic E-state index is 13.0. The van der Waals surface area contributed by atoms with Crippen LogP contribution in [-0.2, 0) is 35.1 Å². The number of hydrogen-bond acceptors (Lipinski definition) is 7. The zero-order chi connectivity index (χ0) is 29.7. The zero-order valence-corrected chi connectivity index (χ0v) is 24.0. The van der Waals surface area contributed by atoms with Crippen LogP contribution >= 0.6 is 0 Å². The van der Waals surface area contributed by atoms with Gasteiger partial charge in [0.15, 0.2) is 0 Å². The summed E-state index contributed by atoms with van der Waals surface area (Å²) in [5.74, 6) is -2.06. The van der Waals surface area contributed by atoms with Gasteiger partial charge < -0.3 is 25.0 Å². The molecule has 2 atom stereocenters.